The molecule has 7 nitrogen and oxygen atoms in total. The van der Waals surface area contributed by atoms with E-state index in [1.807, 2.05) is 62.4 Å². The van der Waals surface area contributed by atoms with Gasteiger partial charge in [-0.15, -0.1) is 0 Å². The van der Waals surface area contributed by atoms with E-state index >= 15 is 0 Å². The number of benzene rings is 2. The molecule has 1 aliphatic rings. The number of pyridine rings is 1. The summed E-state index contributed by atoms with van der Waals surface area (Å²) >= 11 is 5.87. The van der Waals surface area contributed by atoms with Crippen LogP contribution in [0.15, 0.2) is 79.0 Å². The van der Waals surface area contributed by atoms with Crippen molar-refractivity contribution in [2.75, 3.05) is 11.5 Å². The molecule has 2 aromatic heterocycles. The van der Waals surface area contributed by atoms with Gasteiger partial charge in [-0.25, -0.2) is 4.79 Å². The van der Waals surface area contributed by atoms with E-state index in [2.05, 4.69) is 32.8 Å². The third-order valence-electron chi connectivity index (χ3n) is 6.66. The zero-order chi connectivity index (χ0) is 26.1. The van der Waals surface area contributed by atoms with Gasteiger partial charge in [-0.1, -0.05) is 12.1 Å². The summed E-state index contributed by atoms with van der Waals surface area (Å²) in [5.74, 6) is -0.148. The first-order chi connectivity index (χ1) is 17.9. The van der Waals surface area contributed by atoms with Crippen LogP contribution in [0.25, 0.3) is 5.69 Å². The lowest BCUT2D eigenvalue weighted by Crippen LogP contribution is -2.29. The minimum absolute atomic E-state index is 0.178. The first-order valence-electron chi connectivity index (χ1n) is 12.1. The number of carboxylic acids is 1. The van der Waals surface area contributed by atoms with Gasteiger partial charge in [0.15, 0.2) is 5.11 Å². The molecule has 5 rings (SSSR count). The molecule has 0 aliphatic carbocycles. The van der Waals surface area contributed by atoms with Crippen LogP contribution < -0.4 is 15.0 Å². The molecule has 0 bridgehead atoms. The van der Waals surface area contributed by atoms with E-state index < -0.39 is 5.97 Å². The second kappa shape index (κ2) is 10.1. The number of rotatable bonds is 7. The molecular formula is C29H28N4O3S. The number of aromatic nitrogens is 2. The molecule has 1 aliphatic heterocycles. The van der Waals surface area contributed by atoms with E-state index in [1.54, 1.807) is 24.4 Å². The maximum atomic E-state index is 11.6. The van der Waals surface area contributed by atoms with Crippen LogP contribution in [0.4, 0.5) is 5.69 Å². The SMILES string of the molecule is CCOc1ccc(N2C(=S)N[C@H](c3ccccn3)[C@@H]2c2cc(C)n(-c3cccc(C(=O)O)c3)c2C)cc1. The topological polar surface area (TPSA) is 79.6 Å². The number of hydrogen-bond donors (Lipinski definition) is 2. The second-order valence-corrected chi connectivity index (χ2v) is 9.33. The van der Waals surface area contributed by atoms with Crippen molar-refractivity contribution >= 4 is 29.0 Å². The number of aryl methyl sites for hydroxylation is 1. The molecule has 1 fully saturated rings. The van der Waals surface area contributed by atoms with Crippen molar-refractivity contribution in [3.05, 3.63) is 107 Å². The molecule has 8 heteroatoms. The van der Waals surface area contributed by atoms with Gasteiger partial charge in [-0.3, -0.25) is 4.98 Å². The van der Waals surface area contributed by atoms with Crippen LogP contribution in [-0.4, -0.2) is 32.3 Å². The Labute approximate surface area is 221 Å². The summed E-state index contributed by atoms with van der Waals surface area (Å²) in [5, 5.41) is 13.6. The van der Waals surface area contributed by atoms with E-state index in [-0.39, 0.29) is 17.6 Å². The maximum Gasteiger partial charge on any atom is 0.335 e. The van der Waals surface area contributed by atoms with Crippen molar-refractivity contribution in [3.63, 3.8) is 0 Å². The normalized spacial score (nSPS) is 17.1. The molecule has 0 unspecified atom stereocenters. The summed E-state index contributed by atoms with van der Waals surface area (Å²) < 4.78 is 7.74. The van der Waals surface area contributed by atoms with Crippen LogP contribution in [0.3, 0.4) is 0 Å². The monoisotopic (exact) mass is 512 g/mol. The number of aromatic carboxylic acids is 1. The lowest BCUT2D eigenvalue weighted by Gasteiger charge is -2.28. The van der Waals surface area contributed by atoms with Crippen LogP contribution in [0.1, 0.15) is 52.0 Å². The van der Waals surface area contributed by atoms with E-state index in [1.165, 1.54) is 0 Å². The largest absolute Gasteiger partial charge is 0.494 e. The maximum absolute atomic E-state index is 11.6. The first kappa shape index (κ1) is 24.5. The highest BCUT2D eigenvalue weighted by Gasteiger charge is 2.42. The van der Waals surface area contributed by atoms with Gasteiger partial charge >= 0.3 is 5.97 Å². The molecule has 37 heavy (non-hydrogen) atoms. The van der Waals surface area contributed by atoms with Gasteiger partial charge in [0, 0.05) is 29.0 Å². The molecule has 2 N–H and O–H groups in total. The average Bonchev–Trinajstić information content (AvgIpc) is 3.40. The van der Waals surface area contributed by atoms with Crippen molar-refractivity contribution in [2.24, 2.45) is 0 Å². The zero-order valence-corrected chi connectivity index (χ0v) is 21.7. The Kier molecular flexibility index (Phi) is 6.67. The van der Waals surface area contributed by atoms with Gasteiger partial charge in [0.2, 0.25) is 0 Å². The van der Waals surface area contributed by atoms with E-state index in [9.17, 15) is 9.90 Å². The fraction of sp³-hybridized carbons (Fsp3) is 0.207. The highest BCUT2D eigenvalue weighted by molar-refractivity contribution is 7.80. The summed E-state index contributed by atoms with van der Waals surface area (Å²) in [6.07, 6.45) is 1.79. The van der Waals surface area contributed by atoms with Crippen LogP contribution in [0.2, 0.25) is 0 Å². The fourth-order valence-corrected chi connectivity index (χ4v) is 5.43. The number of nitrogens with zero attached hydrogens (tertiary/aromatic N) is 3. The Bertz CT molecular complexity index is 1450. The number of ether oxygens (including phenoxy) is 1. The zero-order valence-electron chi connectivity index (χ0n) is 20.9. The van der Waals surface area contributed by atoms with Crippen molar-refractivity contribution in [1.82, 2.24) is 14.9 Å². The van der Waals surface area contributed by atoms with Gasteiger partial charge in [-0.2, -0.15) is 0 Å². The van der Waals surface area contributed by atoms with E-state index in [4.69, 9.17) is 17.0 Å². The van der Waals surface area contributed by atoms with Crippen LogP contribution >= 0.6 is 12.2 Å². The standard InChI is InChI=1S/C29H28N4O3S/c1-4-36-23-13-11-21(12-14-23)33-27(26(31-29(33)37)25-10-5-6-15-30-25)24-16-18(2)32(19(24)3)22-9-7-8-20(17-22)28(34)35/h5-17,26-27H,4H2,1-3H3,(H,31,37)(H,34,35)/t26-,27+/m1/s1. The van der Waals surface area contributed by atoms with Crippen molar-refractivity contribution in [1.29, 1.82) is 0 Å². The lowest BCUT2D eigenvalue weighted by molar-refractivity contribution is 0.0697. The third-order valence-corrected chi connectivity index (χ3v) is 6.98. The smallest absolute Gasteiger partial charge is 0.335 e. The van der Waals surface area contributed by atoms with Crippen LogP contribution in [0.5, 0.6) is 5.75 Å². The quantitative estimate of drug-likeness (QED) is 0.305. The third kappa shape index (κ3) is 4.56. The summed E-state index contributed by atoms with van der Waals surface area (Å²) in [5.41, 5.74) is 5.97. The molecule has 3 heterocycles. The Morgan fingerprint density at radius 3 is 2.51 bits per heavy atom. The summed E-state index contributed by atoms with van der Waals surface area (Å²) in [6, 6.07) is 22.6. The molecule has 0 saturated carbocycles. The van der Waals surface area contributed by atoms with Crippen molar-refractivity contribution < 1.29 is 14.6 Å². The molecule has 2 aromatic carbocycles. The van der Waals surface area contributed by atoms with E-state index in [0.29, 0.717) is 11.7 Å². The minimum Gasteiger partial charge on any atom is -0.494 e. The fourth-order valence-electron chi connectivity index (χ4n) is 5.08. The Morgan fingerprint density at radius 2 is 1.84 bits per heavy atom. The molecule has 2 atom stereocenters. The molecule has 0 spiro atoms. The minimum atomic E-state index is -0.952. The number of carboxylic acid groups (broad SMARTS) is 1. The first-order valence-corrected chi connectivity index (χ1v) is 12.6. The molecule has 188 valence electrons. The predicted octanol–water partition coefficient (Wildman–Crippen LogP) is 5.76. The molecule has 4 aromatic rings. The van der Waals surface area contributed by atoms with Crippen molar-refractivity contribution in [2.45, 2.75) is 32.9 Å². The van der Waals surface area contributed by atoms with Gasteiger partial charge in [0.05, 0.1) is 29.9 Å². The highest BCUT2D eigenvalue weighted by Crippen LogP contribution is 2.44. The highest BCUT2D eigenvalue weighted by atomic mass is 32.1. The van der Waals surface area contributed by atoms with Gasteiger partial charge in [0.1, 0.15) is 5.75 Å². The molecular weight excluding hydrogens is 484 g/mol. The van der Waals surface area contributed by atoms with E-state index in [0.717, 1.165) is 39.8 Å². The Balaban J connectivity index is 1.64. The lowest BCUT2D eigenvalue weighted by atomic mass is 9.96. The molecule has 0 radical (unpaired) electrons. The molecule has 0 amide bonds. The van der Waals surface area contributed by atoms with Crippen LogP contribution in [0, 0.1) is 13.8 Å². The summed E-state index contributed by atoms with van der Waals surface area (Å²) in [7, 11) is 0. The number of carbonyl (C=O) groups is 1. The predicted molar refractivity (Wildman–Crippen MR) is 148 cm³/mol. The summed E-state index contributed by atoms with van der Waals surface area (Å²) in [4.78, 5) is 18.4. The van der Waals surface area contributed by atoms with Crippen LogP contribution in [-0.2, 0) is 0 Å². The van der Waals surface area contributed by atoms with Gasteiger partial charge < -0.3 is 24.6 Å². The summed E-state index contributed by atoms with van der Waals surface area (Å²) in [6.45, 7) is 6.65. The number of anilines is 1. The average molecular weight is 513 g/mol. The van der Waals surface area contributed by atoms with Gasteiger partial charge in [-0.05, 0) is 99.2 Å². The molecule has 1 saturated heterocycles. The van der Waals surface area contributed by atoms with Gasteiger partial charge in [0.25, 0.3) is 0 Å². The Hall–Kier alpha value is -4.17. The number of nitrogens with one attached hydrogen (secondary N) is 1. The second-order valence-electron chi connectivity index (χ2n) is 8.94. The Morgan fingerprint density at radius 1 is 1.05 bits per heavy atom. The van der Waals surface area contributed by atoms with Crippen molar-refractivity contribution in [3.8, 4) is 11.4 Å². The number of thiocarbonyl (C=S) groups is 1. The number of hydrogen-bond acceptors (Lipinski definition) is 4.